The smallest absolute Gasteiger partial charge is 0.327 e. The number of nitrogens with zero attached hydrogens (tertiary/aromatic N) is 6. The van der Waals surface area contributed by atoms with Gasteiger partial charge in [-0.2, -0.15) is 10.2 Å². The van der Waals surface area contributed by atoms with Crippen LogP contribution in [0.25, 0.3) is 11.2 Å². The third kappa shape index (κ3) is 11.0. The van der Waals surface area contributed by atoms with Crippen molar-refractivity contribution in [2.45, 2.75) is 109 Å². The van der Waals surface area contributed by atoms with Crippen LogP contribution in [0.15, 0.2) is 23.6 Å². The number of fused-ring (bicyclic) bond motifs is 1. The van der Waals surface area contributed by atoms with Crippen molar-refractivity contribution in [1.29, 1.82) is 5.26 Å². The summed E-state index contributed by atoms with van der Waals surface area (Å²) in [6.45, 7) is 8.58. The normalized spacial score (nSPS) is 25.4. The largest absolute Gasteiger partial charge is 0.408 e. The summed E-state index contributed by atoms with van der Waals surface area (Å²) < 4.78 is 65.4. The van der Waals surface area contributed by atoms with Gasteiger partial charge in [-0.1, -0.05) is 34.6 Å². The van der Waals surface area contributed by atoms with Gasteiger partial charge >= 0.3 is 15.0 Å². The second-order valence-corrected chi connectivity index (χ2v) is 24.2. The van der Waals surface area contributed by atoms with E-state index in [1.807, 2.05) is 39.9 Å². The highest BCUT2D eigenvalue weighted by molar-refractivity contribution is 8.07. The predicted molar refractivity (Wildman–Crippen MR) is 214 cm³/mol. The SMILES string of the molecule is CC(C)C(=O)Nc1nc2c(ncn2[C@@H]2O[C@H](CO)C(O[Si](C)(C)C(C)(C)C)[C@H]2OP(=S)(OCCC#N)OCC2C[C@@H](Nc3ncncc3F)C[C@@H]2O[PH](=O)O)c(=O)[nH]1. The third-order valence-corrected chi connectivity index (χ3v) is 17.6. The number of aliphatic hydroxyl groups is 1. The monoisotopic (exact) mass is 889 g/mol. The molecule has 4 heterocycles. The van der Waals surface area contributed by atoms with Gasteiger partial charge in [0.1, 0.15) is 24.6 Å². The van der Waals surface area contributed by atoms with Gasteiger partial charge in [-0.05, 0) is 42.8 Å². The number of aromatic nitrogens is 6. The number of rotatable bonds is 18. The summed E-state index contributed by atoms with van der Waals surface area (Å²) in [5.74, 6) is -2.28. The van der Waals surface area contributed by atoms with Crippen LogP contribution in [0.4, 0.5) is 16.2 Å². The lowest BCUT2D eigenvalue weighted by Crippen LogP contribution is -2.50. The number of amides is 1. The lowest BCUT2D eigenvalue weighted by atomic mass is 10.1. The first-order valence-corrected chi connectivity index (χ1v) is 25.3. The Morgan fingerprint density at radius 2 is 2.02 bits per heavy atom. The van der Waals surface area contributed by atoms with E-state index in [1.165, 1.54) is 17.2 Å². The number of ether oxygens (including phenoxy) is 1. The van der Waals surface area contributed by atoms with E-state index in [1.54, 1.807) is 13.8 Å². The van der Waals surface area contributed by atoms with Crippen molar-refractivity contribution < 1.29 is 51.0 Å². The molecule has 0 spiro atoms. The molecule has 20 nitrogen and oxygen atoms in total. The molecule has 25 heteroatoms. The maximum Gasteiger partial charge on any atom is 0.327 e. The first kappa shape index (κ1) is 46.0. The summed E-state index contributed by atoms with van der Waals surface area (Å²) in [6.07, 6.45) is -1.41. The highest BCUT2D eigenvalue weighted by Gasteiger charge is 2.54. The molecule has 320 valence electrons. The first-order chi connectivity index (χ1) is 27.3. The minimum absolute atomic E-state index is 0.00882. The molecule has 1 saturated carbocycles. The number of hydrogen-bond acceptors (Lipinski definition) is 17. The van der Waals surface area contributed by atoms with E-state index in [0.717, 1.165) is 6.20 Å². The summed E-state index contributed by atoms with van der Waals surface area (Å²) >= 11 is 6.00. The van der Waals surface area contributed by atoms with E-state index in [9.17, 15) is 33.8 Å². The minimum atomic E-state index is -3.95. The Hall–Kier alpha value is -3.10. The highest BCUT2D eigenvalue weighted by atomic mass is 32.5. The quantitative estimate of drug-likeness (QED) is 0.0682. The molecule has 0 radical (unpaired) electrons. The fourth-order valence-electron chi connectivity index (χ4n) is 6.19. The Labute approximate surface area is 340 Å². The van der Waals surface area contributed by atoms with Gasteiger partial charge in [0.25, 0.3) is 5.56 Å². The molecule has 5 rings (SSSR count). The number of aromatic amines is 1. The topological polar surface area (TPSA) is 267 Å². The number of halogens is 1. The van der Waals surface area contributed by atoms with E-state index in [0.29, 0.717) is 0 Å². The molecule has 9 atom stereocenters. The van der Waals surface area contributed by atoms with Crippen LogP contribution in [0.1, 0.15) is 60.1 Å². The summed E-state index contributed by atoms with van der Waals surface area (Å²) in [4.78, 5) is 54.3. The first-order valence-electron chi connectivity index (χ1n) is 18.5. The summed E-state index contributed by atoms with van der Waals surface area (Å²) in [5, 5.41) is 25.3. The van der Waals surface area contributed by atoms with Crippen LogP contribution in [0, 0.1) is 29.0 Å². The molecule has 0 bridgehead atoms. The number of hydrogen-bond donors (Lipinski definition) is 5. The van der Waals surface area contributed by atoms with Crippen molar-refractivity contribution in [2.24, 2.45) is 11.8 Å². The molecule has 2 aliphatic rings. The lowest BCUT2D eigenvalue weighted by Gasteiger charge is -2.41. The summed E-state index contributed by atoms with van der Waals surface area (Å²) in [7, 11) is -6.09. The van der Waals surface area contributed by atoms with Crippen molar-refractivity contribution in [3.8, 4) is 6.07 Å². The number of aliphatic hydroxyl groups excluding tert-OH is 1. The maximum atomic E-state index is 14.4. The number of imidazole rings is 1. The molecule has 5 N–H and O–H groups in total. The Balaban J connectivity index is 1.52. The zero-order valence-corrected chi connectivity index (χ0v) is 36.8. The molecule has 0 aromatic carbocycles. The highest BCUT2D eigenvalue weighted by Crippen LogP contribution is 2.56. The Morgan fingerprint density at radius 3 is 2.66 bits per heavy atom. The molecule has 3 aromatic heterocycles. The van der Waals surface area contributed by atoms with Gasteiger partial charge in [0, 0.05) is 17.9 Å². The van der Waals surface area contributed by atoms with E-state index in [4.69, 9.17) is 39.1 Å². The van der Waals surface area contributed by atoms with Crippen LogP contribution in [-0.4, -0.2) is 104 Å². The summed E-state index contributed by atoms with van der Waals surface area (Å²) in [6, 6.07) is 1.54. The number of H-pyrrole nitrogens is 1. The van der Waals surface area contributed by atoms with Gasteiger partial charge in [-0.3, -0.25) is 33.5 Å². The van der Waals surface area contributed by atoms with Crippen molar-refractivity contribution in [3.05, 3.63) is 35.0 Å². The van der Waals surface area contributed by atoms with Gasteiger partial charge < -0.3 is 38.1 Å². The molecule has 3 aromatic rings. The maximum absolute atomic E-state index is 14.4. The van der Waals surface area contributed by atoms with E-state index in [-0.39, 0.29) is 60.4 Å². The second kappa shape index (κ2) is 19.1. The Bertz CT molecular complexity index is 2100. The molecular formula is C33H50FN9O11P2SSi. The average molecular weight is 890 g/mol. The van der Waals surface area contributed by atoms with E-state index in [2.05, 4.69) is 35.6 Å². The molecule has 1 saturated heterocycles. The van der Waals surface area contributed by atoms with Gasteiger partial charge in [-0.15, -0.1) is 0 Å². The van der Waals surface area contributed by atoms with Gasteiger partial charge in [0.15, 0.2) is 37.3 Å². The fourth-order valence-corrected chi connectivity index (χ4v) is 10.2. The fraction of sp³-hybridized carbons (Fsp3) is 0.667. The molecule has 58 heavy (non-hydrogen) atoms. The molecular weight excluding hydrogens is 840 g/mol. The number of nitriles is 1. The summed E-state index contributed by atoms with van der Waals surface area (Å²) in [5.41, 5.74) is -0.719. The molecule has 1 amide bonds. The van der Waals surface area contributed by atoms with Gasteiger partial charge in [0.2, 0.25) is 11.9 Å². The molecule has 4 unspecified atom stereocenters. The number of carbonyl (C=O) groups excluding carboxylic acids is 1. The second-order valence-electron chi connectivity index (χ2n) is 15.7. The van der Waals surface area contributed by atoms with Crippen molar-refractivity contribution in [1.82, 2.24) is 29.5 Å². The van der Waals surface area contributed by atoms with E-state index < -0.39 is 95.7 Å². The van der Waals surface area contributed by atoms with Crippen molar-refractivity contribution in [2.75, 3.05) is 30.5 Å². The zero-order chi connectivity index (χ0) is 42.6. The third-order valence-electron chi connectivity index (χ3n) is 10.2. The molecule has 1 aliphatic carbocycles. The van der Waals surface area contributed by atoms with Crippen LogP contribution in [0.5, 0.6) is 0 Å². The van der Waals surface area contributed by atoms with Crippen molar-refractivity contribution >= 4 is 63.9 Å². The van der Waals surface area contributed by atoms with Crippen LogP contribution >= 0.6 is 15.0 Å². The van der Waals surface area contributed by atoms with Crippen LogP contribution in [-0.2, 0) is 48.4 Å². The molecule has 2 fully saturated rings. The van der Waals surface area contributed by atoms with E-state index >= 15 is 0 Å². The van der Waals surface area contributed by atoms with Crippen LogP contribution in [0.3, 0.4) is 0 Å². The minimum Gasteiger partial charge on any atom is -0.408 e. The number of carbonyl (C=O) groups is 1. The predicted octanol–water partition coefficient (Wildman–Crippen LogP) is 4.14. The molecule has 1 aliphatic heterocycles. The van der Waals surface area contributed by atoms with Gasteiger partial charge in [0.05, 0.1) is 50.9 Å². The Morgan fingerprint density at radius 1 is 1.28 bits per heavy atom. The average Bonchev–Trinajstić information content (AvgIpc) is 3.82. The number of anilines is 2. The Kier molecular flexibility index (Phi) is 15.1. The standard InChI is InChI=1S/C33H50FN9O11P2SSi/c1-18(2)29(45)41-32-40-28-24(30(46)42-32)38-17-43(28)31-26(25(23(14-44)51-31)54-58(6,7)33(3,4)5)53-56(57,49-10-8-9-35)50-15-19-11-20(12-22(19)52-55(47)48)39-27-21(34)13-36-16-37-27/h13,16-20,22-23,25-26,31,44,55H,8,10-12,14-15H2,1-7H3,(H,47,48)(H,36,37,39)(H2,40,41,42,45,46)/t19?,20-,22+,23-,25?,26-,31-,56?/m1/s1. The van der Waals surface area contributed by atoms with Crippen molar-refractivity contribution in [3.63, 3.8) is 0 Å². The van der Waals surface area contributed by atoms with Gasteiger partial charge in [-0.25, -0.2) is 19.3 Å². The number of nitrogens with one attached hydrogen (secondary N) is 3. The lowest BCUT2D eigenvalue weighted by molar-refractivity contribution is -0.118. The zero-order valence-electron chi connectivity index (χ0n) is 33.1. The van der Waals surface area contributed by atoms with Crippen LogP contribution < -0.4 is 16.2 Å². The van der Waals surface area contributed by atoms with Crippen LogP contribution in [0.2, 0.25) is 18.1 Å².